The molecule has 0 aromatic rings. The Kier molecular flexibility index (Phi) is 1.89. The highest BCUT2D eigenvalue weighted by Crippen LogP contribution is 2.06. The van der Waals surface area contributed by atoms with E-state index in [9.17, 15) is 0 Å². The highest BCUT2D eigenvalue weighted by molar-refractivity contribution is 5.96. The van der Waals surface area contributed by atoms with Crippen LogP contribution in [0.1, 0.15) is 19.8 Å². The summed E-state index contributed by atoms with van der Waals surface area (Å²) in [6.07, 6.45) is 1.72. The van der Waals surface area contributed by atoms with Crippen LogP contribution < -0.4 is 11.5 Å². The van der Waals surface area contributed by atoms with Crippen molar-refractivity contribution in [2.24, 2.45) is 21.5 Å². The van der Waals surface area contributed by atoms with Gasteiger partial charge in [0.05, 0.1) is 6.04 Å². The molecule has 4 nitrogen and oxygen atoms in total. The lowest BCUT2D eigenvalue weighted by atomic mass is 10.1. The normalized spacial score (nSPS) is 25.5. The highest BCUT2D eigenvalue weighted by Gasteiger charge is 2.11. The van der Waals surface area contributed by atoms with Crippen molar-refractivity contribution < 1.29 is 0 Å². The molecule has 10 heavy (non-hydrogen) atoms. The highest BCUT2D eigenvalue weighted by atomic mass is 15.1. The quantitative estimate of drug-likeness (QED) is 0.531. The molecular weight excluding hydrogens is 128 g/mol. The third-order valence-electron chi connectivity index (χ3n) is 1.49. The molecule has 0 bridgehead atoms. The zero-order chi connectivity index (χ0) is 7.56. The molecule has 1 rings (SSSR count). The van der Waals surface area contributed by atoms with Gasteiger partial charge in [-0.2, -0.15) is 0 Å². The minimum Gasteiger partial charge on any atom is -0.387 e. The molecule has 1 heterocycles. The summed E-state index contributed by atoms with van der Waals surface area (Å²) in [5.74, 6) is 0.912. The van der Waals surface area contributed by atoms with Crippen LogP contribution in [0.3, 0.4) is 0 Å². The van der Waals surface area contributed by atoms with E-state index in [1.807, 2.05) is 0 Å². The molecule has 0 saturated heterocycles. The lowest BCUT2D eigenvalue weighted by molar-refractivity contribution is 0.666. The van der Waals surface area contributed by atoms with E-state index in [1.165, 1.54) is 0 Å². The first-order valence-corrected chi connectivity index (χ1v) is 3.38. The van der Waals surface area contributed by atoms with Crippen molar-refractivity contribution in [3.05, 3.63) is 0 Å². The summed E-state index contributed by atoms with van der Waals surface area (Å²) in [5, 5.41) is 0. The average molecular weight is 140 g/mol. The summed E-state index contributed by atoms with van der Waals surface area (Å²) in [5.41, 5.74) is 10.9. The van der Waals surface area contributed by atoms with Crippen LogP contribution in [0.2, 0.25) is 0 Å². The van der Waals surface area contributed by atoms with E-state index < -0.39 is 0 Å². The zero-order valence-corrected chi connectivity index (χ0v) is 6.04. The molecule has 4 N–H and O–H groups in total. The second kappa shape index (κ2) is 2.68. The Morgan fingerprint density at radius 2 is 2.30 bits per heavy atom. The minimum atomic E-state index is 0.248. The molecule has 1 aliphatic rings. The van der Waals surface area contributed by atoms with Crippen molar-refractivity contribution >= 4 is 11.8 Å². The molecule has 1 aliphatic heterocycles. The van der Waals surface area contributed by atoms with Gasteiger partial charge in [0.2, 0.25) is 5.96 Å². The maximum Gasteiger partial charge on any atom is 0.217 e. The standard InChI is InChI=1S/C6H12N4/c1-2-4-3-5(7)10-6(8)9-4/h4H,2-3H2,1H3,(H4,7,8,9,10). The molecule has 0 spiro atoms. The summed E-state index contributed by atoms with van der Waals surface area (Å²) < 4.78 is 0. The molecule has 0 saturated carbocycles. The number of hydrogen-bond acceptors (Lipinski definition) is 4. The van der Waals surface area contributed by atoms with Gasteiger partial charge >= 0.3 is 0 Å². The molecule has 0 amide bonds. The van der Waals surface area contributed by atoms with Crippen LogP contribution in [0.4, 0.5) is 0 Å². The lowest BCUT2D eigenvalue weighted by Crippen LogP contribution is -2.28. The second-order valence-corrected chi connectivity index (χ2v) is 2.36. The molecule has 0 fully saturated rings. The molecule has 4 heteroatoms. The molecule has 1 unspecified atom stereocenters. The van der Waals surface area contributed by atoms with Gasteiger partial charge in [-0.05, 0) is 6.42 Å². The molecular formula is C6H12N4. The van der Waals surface area contributed by atoms with Crippen molar-refractivity contribution in [3.63, 3.8) is 0 Å². The van der Waals surface area contributed by atoms with Crippen LogP contribution in [0.15, 0.2) is 9.98 Å². The Bertz CT molecular complexity index is 182. The van der Waals surface area contributed by atoms with Gasteiger partial charge in [-0.15, -0.1) is 0 Å². The average Bonchev–Trinajstić information content (AvgIpc) is 1.85. The van der Waals surface area contributed by atoms with Gasteiger partial charge in [0.25, 0.3) is 0 Å². The molecule has 56 valence electrons. The van der Waals surface area contributed by atoms with Gasteiger partial charge < -0.3 is 11.5 Å². The summed E-state index contributed by atoms with van der Waals surface area (Å²) in [7, 11) is 0. The fourth-order valence-corrected chi connectivity index (χ4v) is 0.931. The maximum atomic E-state index is 5.48. The minimum absolute atomic E-state index is 0.248. The van der Waals surface area contributed by atoms with Crippen molar-refractivity contribution in [2.45, 2.75) is 25.8 Å². The van der Waals surface area contributed by atoms with Crippen molar-refractivity contribution in [1.82, 2.24) is 0 Å². The van der Waals surface area contributed by atoms with Crippen molar-refractivity contribution in [1.29, 1.82) is 0 Å². The third-order valence-corrected chi connectivity index (χ3v) is 1.49. The number of nitrogens with zero attached hydrogens (tertiary/aromatic N) is 2. The van der Waals surface area contributed by atoms with Gasteiger partial charge in [0, 0.05) is 6.42 Å². The van der Waals surface area contributed by atoms with Crippen LogP contribution in [0.5, 0.6) is 0 Å². The SMILES string of the molecule is CCC1CC(N)=NC(N)=N1. The van der Waals surface area contributed by atoms with Gasteiger partial charge in [-0.3, -0.25) is 0 Å². The van der Waals surface area contributed by atoms with E-state index in [0.717, 1.165) is 12.8 Å². The van der Waals surface area contributed by atoms with E-state index in [1.54, 1.807) is 0 Å². The summed E-state index contributed by atoms with van der Waals surface area (Å²) >= 11 is 0. The first kappa shape index (κ1) is 7.05. The monoisotopic (exact) mass is 140 g/mol. The van der Waals surface area contributed by atoms with Crippen LogP contribution in [0, 0.1) is 0 Å². The van der Waals surface area contributed by atoms with Crippen LogP contribution in [0.25, 0.3) is 0 Å². The fourth-order valence-electron chi connectivity index (χ4n) is 0.931. The van der Waals surface area contributed by atoms with E-state index in [-0.39, 0.29) is 6.04 Å². The maximum absolute atomic E-state index is 5.48. The Hall–Kier alpha value is -1.06. The predicted molar refractivity (Wildman–Crippen MR) is 41.9 cm³/mol. The number of aliphatic imine (C=N–C) groups is 2. The van der Waals surface area contributed by atoms with Gasteiger partial charge in [-0.25, -0.2) is 9.98 Å². The first-order chi connectivity index (χ1) is 4.72. The van der Waals surface area contributed by atoms with Gasteiger partial charge in [-0.1, -0.05) is 6.92 Å². The van der Waals surface area contributed by atoms with Crippen LogP contribution in [-0.4, -0.2) is 17.8 Å². The van der Waals surface area contributed by atoms with E-state index in [0.29, 0.717) is 11.8 Å². The molecule has 0 aromatic heterocycles. The zero-order valence-electron chi connectivity index (χ0n) is 6.04. The predicted octanol–water partition coefficient (Wildman–Crippen LogP) is -0.159. The Morgan fingerprint density at radius 3 is 2.80 bits per heavy atom. The summed E-state index contributed by atoms with van der Waals surface area (Å²) in [6.45, 7) is 2.06. The largest absolute Gasteiger partial charge is 0.387 e. The van der Waals surface area contributed by atoms with E-state index in [2.05, 4.69) is 16.9 Å². The molecule has 0 radical (unpaired) electrons. The smallest absolute Gasteiger partial charge is 0.217 e. The van der Waals surface area contributed by atoms with Crippen molar-refractivity contribution in [3.8, 4) is 0 Å². The van der Waals surface area contributed by atoms with Gasteiger partial charge in [0.1, 0.15) is 5.84 Å². The topological polar surface area (TPSA) is 76.8 Å². The third kappa shape index (κ3) is 1.46. The van der Waals surface area contributed by atoms with Crippen molar-refractivity contribution in [2.75, 3.05) is 0 Å². The number of hydrogen-bond donors (Lipinski definition) is 2. The summed E-state index contributed by atoms with van der Waals surface area (Å²) in [4.78, 5) is 7.88. The van der Waals surface area contributed by atoms with E-state index >= 15 is 0 Å². The number of guanidine groups is 1. The molecule has 1 atom stereocenters. The van der Waals surface area contributed by atoms with E-state index in [4.69, 9.17) is 11.5 Å². The Labute approximate surface area is 60.0 Å². The number of nitrogens with two attached hydrogens (primary N) is 2. The van der Waals surface area contributed by atoms with Gasteiger partial charge in [0.15, 0.2) is 0 Å². The molecule has 0 aromatic carbocycles. The first-order valence-electron chi connectivity index (χ1n) is 3.38. The van der Waals surface area contributed by atoms with Crippen LogP contribution >= 0.6 is 0 Å². The number of amidine groups is 1. The number of rotatable bonds is 1. The Morgan fingerprint density at radius 1 is 1.60 bits per heavy atom. The lowest BCUT2D eigenvalue weighted by Gasteiger charge is -2.13. The molecule has 0 aliphatic carbocycles. The van der Waals surface area contributed by atoms with Crippen LogP contribution in [-0.2, 0) is 0 Å². The Balaban J connectivity index is 2.67. The summed E-state index contributed by atoms with van der Waals surface area (Å²) in [6, 6.07) is 0.248. The fraction of sp³-hybridized carbons (Fsp3) is 0.667. The second-order valence-electron chi connectivity index (χ2n) is 2.36.